The second-order valence-corrected chi connectivity index (χ2v) is 8.25. The van der Waals surface area contributed by atoms with Gasteiger partial charge in [0.05, 0.1) is 5.69 Å². The molecular weight excluding hydrogens is 378 g/mol. The van der Waals surface area contributed by atoms with Crippen LogP contribution in [-0.4, -0.2) is 46.2 Å². The maximum absolute atomic E-state index is 4.86. The molecule has 1 aliphatic rings. The molecule has 154 valence electrons. The van der Waals surface area contributed by atoms with Crippen LogP contribution in [0.2, 0.25) is 0 Å². The number of aromatic amines is 1. The zero-order chi connectivity index (χ0) is 20.7. The molecule has 30 heavy (non-hydrogen) atoms. The van der Waals surface area contributed by atoms with E-state index in [1.54, 1.807) is 11.7 Å². The molecule has 4 aromatic heterocycles. The molecule has 9 heteroatoms. The summed E-state index contributed by atoms with van der Waals surface area (Å²) in [5, 5.41) is 16.2. The highest BCUT2D eigenvalue weighted by Gasteiger charge is 2.20. The fourth-order valence-electron chi connectivity index (χ4n) is 4.14. The summed E-state index contributed by atoms with van der Waals surface area (Å²) in [5.74, 6) is 2.14. The summed E-state index contributed by atoms with van der Waals surface area (Å²) < 4.78 is 1.61. The SMILES string of the molecule is Cc1cnc(NC2CCC(C)CC2)nc1-c1c[nH]c2nc(-c3nnnn3C)ccc12. The molecule has 1 aliphatic carbocycles. The van der Waals surface area contributed by atoms with Crippen molar-refractivity contribution in [2.45, 2.75) is 45.6 Å². The maximum Gasteiger partial charge on any atom is 0.223 e. The van der Waals surface area contributed by atoms with Crippen LogP contribution >= 0.6 is 0 Å². The third-order valence-electron chi connectivity index (χ3n) is 5.96. The second kappa shape index (κ2) is 7.47. The Morgan fingerprint density at radius 2 is 1.97 bits per heavy atom. The maximum atomic E-state index is 4.86. The van der Waals surface area contributed by atoms with E-state index >= 15 is 0 Å². The first-order valence-corrected chi connectivity index (χ1v) is 10.4. The average Bonchev–Trinajstić information content (AvgIpc) is 3.36. The highest BCUT2D eigenvalue weighted by atomic mass is 15.5. The number of anilines is 1. The Labute approximate surface area is 174 Å². The Kier molecular flexibility index (Phi) is 4.65. The number of aryl methyl sites for hydroxylation is 2. The smallest absolute Gasteiger partial charge is 0.223 e. The molecule has 0 unspecified atom stereocenters. The van der Waals surface area contributed by atoms with E-state index in [0.29, 0.717) is 17.8 Å². The van der Waals surface area contributed by atoms with Gasteiger partial charge in [-0.1, -0.05) is 6.92 Å². The fraction of sp³-hybridized carbons (Fsp3) is 0.429. The zero-order valence-electron chi connectivity index (χ0n) is 17.4. The highest BCUT2D eigenvalue weighted by molar-refractivity contribution is 5.94. The van der Waals surface area contributed by atoms with E-state index in [9.17, 15) is 0 Å². The van der Waals surface area contributed by atoms with Crippen molar-refractivity contribution in [3.05, 3.63) is 30.1 Å². The van der Waals surface area contributed by atoms with Gasteiger partial charge in [-0.2, -0.15) is 0 Å². The quantitative estimate of drug-likeness (QED) is 0.536. The van der Waals surface area contributed by atoms with Crippen LogP contribution in [0.15, 0.2) is 24.5 Å². The Balaban J connectivity index is 1.47. The lowest BCUT2D eigenvalue weighted by Gasteiger charge is -2.27. The lowest BCUT2D eigenvalue weighted by atomic mass is 9.87. The van der Waals surface area contributed by atoms with Gasteiger partial charge in [-0.05, 0) is 66.6 Å². The van der Waals surface area contributed by atoms with Crippen LogP contribution in [0.5, 0.6) is 0 Å². The van der Waals surface area contributed by atoms with Crippen LogP contribution in [-0.2, 0) is 7.05 Å². The van der Waals surface area contributed by atoms with Gasteiger partial charge in [-0.25, -0.2) is 19.6 Å². The van der Waals surface area contributed by atoms with E-state index in [-0.39, 0.29) is 0 Å². The van der Waals surface area contributed by atoms with Crippen molar-refractivity contribution in [3.8, 4) is 22.8 Å². The summed E-state index contributed by atoms with van der Waals surface area (Å²) >= 11 is 0. The number of tetrazole rings is 1. The van der Waals surface area contributed by atoms with Crippen LogP contribution in [0.4, 0.5) is 5.95 Å². The minimum absolute atomic E-state index is 0.448. The van der Waals surface area contributed by atoms with Crippen LogP contribution in [0, 0.1) is 12.8 Å². The predicted molar refractivity (Wildman–Crippen MR) is 115 cm³/mol. The molecule has 0 spiro atoms. The minimum atomic E-state index is 0.448. The molecule has 5 rings (SSSR count). The number of fused-ring (bicyclic) bond motifs is 1. The number of nitrogens with one attached hydrogen (secondary N) is 2. The first-order chi connectivity index (χ1) is 14.6. The van der Waals surface area contributed by atoms with Gasteiger partial charge in [0, 0.05) is 36.4 Å². The number of rotatable bonds is 4. The topological polar surface area (TPSA) is 110 Å². The number of hydrogen-bond donors (Lipinski definition) is 2. The number of pyridine rings is 1. The Morgan fingerprint density at radius 1 is 1.13 bits per heavy atom. The van der Waals surface area contributed by atoms with Gasteiger partial charge in [-0.15, -0.1) is 5.10 Å². The van der Waals surface area contributed by atoms with E-state index in [4.69, 9.17) is 9.97 Å². The number of H-pyrrole nitrogens is 1. The van der Waals surface area contributed by atoms with E-state index in [2.05, 4.69) is 37.7 Å². The third-order valence-corrected chi connectivity index (χ3v) is 5.96. The Bertz CT molecular complexity index is 1180. The summed E-state index contributed by atoms with van der Waals surface area (Å²) in [5.41, 5.74) is 4.45. The fourth-order valence-corrected chi connectivity index (χ4v) is 4.14. The molecule has 4 aromatic rings. The Morgan fingerprint density at radius 3 is 2.73 bits per heavy atom. The lowest BCUT2D eigenvalue weighted by molar-refractivity contribution is 0.360. The van der Waals surface area contributed by atoms with Crippen molar-refractivity contribution in [2.75, 3.05) is 5.32 Å². The molecule has 0 saturated heterocycles. The molecule has 0 radical (unpaired) electrons. The normalized spacial score (nSPS) is 19.3. The number of nitrogens with zero attached hydrogens (tertiary/aromatic N) is 7. The van der Waals surface area contributed by atoms with Crippen molar-refractivity contribution in [1.29, 1.82) is 0 Å². The molecule has 0 bridgehead atoms. The van der Waals surface area contributed by atoms with Crippen LogP contribution in [0.3, 0.4) is 0 Å². The van der Waals surface area contributed by atoms with E-state index in [1.807, 2.05) is 31.5 Å². The van der Waals surface area contributed by atoms with E-state index in [0.717, 1.165) is 39.5 Å². The van der Waals surface area contributed by atoms with Crippen molar-refractivity contribution in [1.82, 2.24) is 40.1 Å². The lowest BCUT2D eigenvalue weighted by Crippen LogP contribution is -2.26. The first kappa shape index (κ1) is 18.7. The van der Waals surface area contributed by atoms with Crippen molar-refractivity contribution in [3.63, 3.8) is 0 Å². The van der Waals surface area contributed by atoms with Crippen LogP contribution < -0.4 is 5.32 Å². The molecule has 4 heterocycles. The largest absolute Gasteiger partial charge is 0.351 e. The number of hydrogen-bond acceptors (Lipinski definition) is 7. The van der Waals surface area contributed by atoms with Crippen LogP contribution in [0.25, 0.3) is 33.8 Å². The highest BCUT2D eigenvalue weighted by Crippen LogP contribution is 2.31. The van der Waals surface area contributed by atoms with Gasteiger partial charge >= 0.3 is 0 Å². The Hall–Kier alpha value is -3.36. The molecule has 0 amide bonds. The van der Waals surface area contributed by atoms with E-state index in [1.165, 1.54) is 25.7 Å². The number of aromatic nitrogens is 8. The van der Waals surface area contributed by atoms with Crippen molar-refractivity contribution >= 4 is 17.0 Å². The van der Waals surface area contributed by atoms with Crippen molar-refractivity contribution < 1.29 is 0 Å². The predicted octanol–water partition coefficient (Wildman–Crippen LogP) is 3.51. The second-order valence-electron chi connectivity index (χ2n) is 8.25. The summed E-state index contributed by atoms with van der Waals surface area (Å²) in [4.78, 5) is 17.4. The van der Waals surface area contributed by atoms with Gasteiger partial charge in [0.15, 0.2) is 5.82 Å². The zero-order valence-corrected chi connectivity index (χ0v) is 17.4. The monoisotopic (exact) mass is 403 g/mol. The van der Waals surface area contributed by atoms with Gasteiger partial charge < -0.3 is 10.3 Å². The molecule has 9 nitrogen and oxygen atoms in total. The molecule has 0 aromatic carbocycles. The third kappa shape index (κ3) is 3.40. The summed E-state index contributed by atoms with van der Waals surface area (Å²) in [6.07, 6.45) is 8.70. The molecule has 0 aliphatic heterocycles. The molecular formula is C21H25N9. The molecule has 1 saturated carbocycles. The van der Waals surface area contributed by atoms with Gasteiger partial charge in [0.1, 0.15) is 11.3 Å². The van der Waals surface area contributed by atoms with E-state index < -0.39 is 0 Å². The van der Waals surface area contributed by atoms with Gasteiger partial charge in [-0.3, -0.25) is 0 Å². The molecule has 0 atom stereocenters. The summed E-state index contributed by atoms with van der Waals surface area (Å²) in [6, 6.07) is 4.42. The standard InChI is InChI=1S/C21H25N9/c1-12-4-6-14(7-5-12)24-21-23-10-13(2)18(26-21)16-11-22-19-15(16)8-9-17(25-19)20-27-28-29-30(20)3/h8-12,14H,4-7H2,1-3H3,(H,22,25)(H,23,24,26). The molecule has 1 fully saturated rings. The molecule has 2 N–H and O–H groups in total. The van der Waals surface area contributed by atoms with Gasteiger partial charge in [0.25, 0.3) is 0 Å². The van der Waals surface area contributed by atoms with Gasteiger partial charge in [0.2, 0.25) is 5.95 Å². The van der Waals surface area contributed by atoms with Crippen molar-refractivity contribution in [2.24, 2.45) is 13.0 Å². The van der Waals surface area contributed by atoms with Crippen LogP contribution in [0.1, 0.15) is 38.2 Å². The summed E-state index contributed by atoms with van der Waals surface area (Å²) in [6.45, 7) is 4.36. The first-order valence-electron chi connectivity index (χ1n) is 10.4. The summed E-state index contributed by atoms with van der Waals surface area (Å²) in [7, 11) is 1.80. The minimum Gasteiger partial charge on any atom is -0.351 e. The average molecular weight is 403 g/mol.